The Labute approximate surface area is 132 Å². The summed E-state index contributed by atoms with van der Waals surface area (Å²) in [6, 6.07) is 17.5. The van der Waals surface area contributed by atoms with E-state index in [1.165, 1.54) is 22.4 Å². The van der Waals surface area contributed by atoms with Crippen LogP contribution in [0.25, 0.3) is 0 Å². The number of carbonyl (C=O) groups excluding carboxylic acids is 1. The zero-order chi connectivity index (χ0) is 15.2. The van der Waals surface area contributed by atoms with Gasteiger partial charge in [0.25, 0.3) is 0 Å². The Hall–Kier alpha value is -2.09. The lowest BCUT2D eigenvalue weighted by molar-refractivity contribution is -0.107. The number of hydrogen-bond acceptors (Lipinski definition) is 2. The summed E-state index contributed by atoms with van der Waals surface area (Å²) < 4.78 is 0. The zero-order valence-electron chi connectivity index (χ0n) is 13.0. The first-order chi connectivity index (χ1) is 10.9. The summed E-state index contributed by atoms with van der Waals surface area (Å²) in [6.07, 6.45) is 5.95. The molecule has 2 heteroatoms. The van der Waals surface area contributed by atoms with E-state index < -0.39 is 0 Å². The van der Waals surface area contributed by atoms with Gasteiger partial charge in [0.05, 0.1) is 0 Å². The number of aldehydes is 1. The van der Waals surface area contributed by atoms with Gasteiger partial charge in [-0.1, -0.05) is 42.5 Å². The number of benzene rings is 2. The Morgan fingerprint density at radius 1 is 0.864 bits per heavy atom. The van der Waals surface area contributed by atoms with E-state index in [2.05, 4.69) is 53.4 Å². The highest BCUT2D eigenvalue weighted by Crippen LogP contribution is 2.28. The molecule has 0 atom stereocenters. The van der Waals surface area contributed by atoms with Crippen molar-refractivity contribution in [2.75, 3.05) is 11.4 Å². The quantitative estimate of drug-likeness (QED) is 0.609. The van der Waals surface area contributed by atoms with E-state index in [-0.39, 0.29) is 0 Å². The molecule has 0 aromatic heterocycles. The van der Waals surface area contributed by atoms with Crippen LogP contribution in [0.5, 0.6) is 0 Å². The maximum Gasteiger partial charge on any atom is 0.119 e. The lowest BCUT2D eigenvalue weighted by atomic mass is 9.95. The molecule has 0 aliphatic carbocycles. The number of carbonyl (C=O) groups is 1. The van der Waals surface area contributed by atoms with E-state index in [0.717, 1.165) is 45.1 Å². The minimum Gasteiger partial charge on any atom is -0.367 e. The van der Waals surface area contributed by atoms with Crippen LogP contribution in [-0.2, 0) is 24.2 Å². The predicted molar refractivity (Wildman–Crippen MR) is 91.3 cm³/mol. The van der Waals surface area contributed by atoms with Crippen molar-refractivity contribution >= 4 is 12.0 Å². The minimum absolute atomic E-state index is 0.673. The molecule has 0 fully saturated rings. The number of fused-ring (bicyclic) bond motifs is 2. The summed E-state index contributed by atoms with van der Waals surface area (Å²) in [5.74, 6) is 0. The maximum absolute atomic E-state index is 10.5. The van der Waals surface area contributed by atoms with Gasteiger partial charge in [-0.05, 0) is 48.4 Å². The Morgan fingerprint density at radius 3 is 2.36 bits per heavy atom. The smallest absolute Gasteiger partial charge is 0.119 e. The van der Waals surface area contributed by atoms with Gasteiger partial charge in [0.1, 0.15) is 6.29 Å². The largest absolute Gasteiger partial charge is 0.367 e. The van der Waals surface area contributed by atoms with Crippen molar-refractivity contribution in [3.05, 3.63) is 65.2 Å². The topological polar surface area (TPSA) is 20.3 Å². The van der Waals surface area contributed by atoms with Gasteiger partial charge in [-0.3, -0.25) is 0 Å². The first kappa shape index (κ1) is 14.8. The first-order valence-corrected chi connectivity index (χ1v) is 8.22. The van der Waals surface area contributed by atoms with Crippen molar-refractivity contribution in [3.8, 4) is 0 Å². The molecule has 1 heterocycles. The molecular weight excluding hydrogens is 270 g/mol. The van der Waals surface area contributed by atoms with Crippen LogP contribution in [0.3, 0.4) is 0 Å². The second-order valence-electron chi connectivity index (χ2n) is 5.98. The molecule has 1 aliphatic rings. The number of unbranched alkanes of at least 4 members (excludes halogenated alkanes) is 2. The standard InChI is InChI=1S/C20H23NO/c22-15-7-1-6-14-21-16-19-10-3-2-8-17(19)12-13-18-9-4-5-11-20(18)21/h2-5,8-11,15H,1,6-7,12-14,16H2. The van der Waals surface area contributed by atoms with Crippen molar-refractivity contribution in [3.63, 3.8) is 0 Å². The van der Waals surface area contributed by atoms with E-state index in [1.54, 1.807) is 0 Å². The van der Waals surface area contributed by atoms with E-state index in [0.29, 0.717) is 6.42 Å². The molecule has 0 saturated carbocycles. The number of nitrogens with zero attached hydrogens (tertiary/aromatic N) is 1. The van der Waals surface area contributed by atoms with Gasteiger partial charge >= 0.3 is 0 Å². The van der Waals surface area contributed by atoms with Gasteiger partial charge in [0, 0.05) is 25.2 Å². The molecule has 2 aromatic rings. The Kier molecular flexibility index (Phi) is 4.89. The molecule has 0 radical (unpaired) electrons. The molecule has 114 valence electrons. The molecule has 0 saturated heterocycles. The fourth-order valence-electron chi connectivity index (χ4n) is 3.28. The van der Waals surface area contributed by atoms with Crippen molar-refractivity contribution < 1.29 is 4.79 Å². The summed E-state index contributed by atoms with van der Waals surface area (Å²) in [6.45, 7) is 1.98. The number of para-hydroxylation sites is 1. The van der Waals surface area contributed by atoms with Gasteiger partial charge < -0.3 is 9.69 Å². The van der Waals surface area contributed by atoms with Crippen molar-refractivity contribution in [2.24, 2.45) is 0 Å². The molecule has 2 aromatic carbocycles. The highest BCUT2D eigenvalue weighted by molar-refractivity contribution is 5.56. The third kappa shape index (κ3) is 3.38. The molecule has 1 aliphatic heterocycles. The van der Waals surface area contributed by atoms with Crippen LogP contribution >= 0.6 is 0 Å². The Bertz CT molecular complexity index is 635. The van der Waals surface area contributed by atoms with Crippen LogP contribution in [0, 0.1) is 0 Å². The molecular formula is C20H23NO. The van der Waals surface area contributed by atoms with Crippen molar-refractivity contribution in [1.82, 2.24) is 0 Å². The van der Waals surface area contributed by atoms with E-state index in [9.17, 15) is 4.79 Å². The highest BCUT2D eigenvalue weighted by atomic mass is 16.1. The third-order valence-corrected chi connectivity index (χ3v) is 4.48. The lowest BCUT2D eigenvalue weighted by Gasteiger charge is -2.30. The lowest BCUT2D eigenvalue weighted by Crippen LogP contribution is -2.27. The molecule has 0 bridgehead atoms. The fourth-order valence-corrected chi connectivity index (χ4v) is 3.28. The average Bonchev–Trinajstić information content (AvgIpc) is 2.55. The van der Waals surface area contributed by atoms with Gasteiger partial charge in [-0.25, -0.2) is 0 Å². The summed E-state index contributed by atoms with van der Waals surface area (Å²) in [5, 5.41) is 0. The van der Waals surface area contributed by atoms with Crippen molar-refractivity contribution in [1.29, 1.82) is 0 Å². The highest BCUT2D eigenvalue weighted by Gasteiger charge is 2.16. The minimum atomic E-state index is 0.673. The van der Waals surface area contributed by atoms with Crippen LogP contribution < -0.4 is 4.90 Å². The number of hydrogen-bond donors (Lipinski definition) is 0. The fraction of sp³-hybridized carbons (Fsp3) is 0.350. The van der Waals surface area contributed by atoms with Crippen LogP contribution in [0.1, 0.15) is 36.0 Å². The summed E-state index contributed by atoms with van der Waals surface area (Å²) >= 11 is 0. The third-order valence-electron chi connectivity index (χ3n) is 4.48. The Balaban J connectivity index is 1.85. The van der Waals surface area contributed by atoms with E-state index in [4.69, 9.17) is 0 Å². The molecule has 2 nitrogen and oxygen atoms in total. The molecule has 3 rings (SSSR count). The van der Waals surface area contributed by atoms with E-state index in [1.807, 2.05) is 0 Å². The molecule has 0 amide bonds. The molecule has 0 N–H and O–H groups in total. The number of anilines is 1. The van der Waals surface area contributed by atoms with Crippen LogP contribution in [0.2, 0.25) is 0 Å². The Morgan fingerprint density at radius 2 is 1.55 bits per heavy atom. The van der Waals surface area contributed by atoms with Crippen LogP contribution in [-0.4, -0.2) is 12.8 Å². The molecule has 0 unspecified atom stereocenters. The van der Waals surface area contributed by atoms with Crippen LogP contribution in [0.15, 0.2) is 48.5 Å². The number of aryl methyl sites for hydroxylation is 2. The first-order valence-electron chi connectivity index (χ1n) is 8.22. The number of rotatable bonds is 5. The average molecular weight is 293 g/mol. The van der Waals surface area contributed by atoms with Gasteiger partial charge in [0.15, 0.2) is 0 Å². The van der Waals surface area contributed by atoms with Gasteiger partial charge in [-0.2, -0.15) is 0 Å². The van der Waals surface area contributed by atoms with Gasteiger partial charge in [0.2, 0.25) is 0 Å². The summed E-state index contributed by atoms with van der Waals surface area (Å²) in [7, 11) is 0. The van der Waals surface area contributed by atoms with Gasteiger partial charge in [-0.15, -0.1) is 0 Å². The normalized spacial score (nSPS) is 13.7. The second-order valence-corrected chi connectivity index (χ2v) is 5.98. The predicted octanol–water partition coefficient (Wildman–Crippen LogP) is 4.16. The molecule has 0 spiro atoms. The summed E-state index contributed by atoms with van der Waals surface area (Å²) in [5.41, 5.74) is 5.71. The SMILES string of the molecule is O=CCCCCN1Cc2ccccc2CCc2ccccc21. The second kappa shape index (κ2) is 7.26. The van der Waals surface area contributed by atoms with Crippen LogP contribution in [0.4, 0.5) is 5.69 Å². The monoisotopic (exact) mass is 293 g/mol. The summed E-state index contributed by atoms with van der Waals surface area (Å²) in [4.78, 5) is 13.0. The van der Waals surface area contributed by atoms with Crippen molar-refractivity contribution in [2.45, 2.75) is 38.6 Å². The zero-order valence-corrected chi connectivity index (χ0v) is 13.0. The van der Waals surface area contributed by atoms with E-state index >= 15 is 0 Å². The maximum atomic E-state index is 10.5. The molecule has 22 heavy (non-hydrogen) atoms.